The van der Waals surface area contributed by atoms with Crippen LogP contribution in [0.3, 0.4) is 0 Å². The minimum Gasteiger partial charge on any atom is -0.329 e. The van der Waals surface area contributed by atoms with Crippen LogP contribution in [-0.2, 0) is 0 Å². The van der Waals surface area contributed by atoms with Crippen LogP contribution < -0.4 is 5.73 Å². The second-order valence-corrected chi connectivity index (χ2v) is 4.80. The van der Waals surface area contributed by atoms with Gasteiger partial charge in [-0.1, -0.05) is 33.6 Å². The number of likely N-dealkylation sites (N-methyl/N-ethyl adjacent to an activating group) is 1. The molecule has 0 aromatic rings. The van der Waals surface area contributed by atoms with Crippen molar-refractivity contribution in [1.29, 1.82) is 0 Å². The van der Waals surface area contributed by atoms with E-state index in [2.05, 4.69) is 39.6 Å². The minimum absolute atomic E-state index is 0.235. The number of rotatable bonds is 8. The minimum atomic E-state index is 0.235. The summed E-state index contributed by atoms with van der Waals surface area (Å²) >= 11 is 0. The van der Waals surface area contributed by atoms with E-state index < -0.39 is 0 Å². The molecular formula is C13H30N2. The van der Waals surface area contributed by atoms with Crippen LogP contribution in [0.5, 0.6) is 0 Å². The van der Waals surface area contributed by atoms with Gasteiger partial charge in [0, 0.05) is 18.1 Å². The van der Waals surface area contributed by atoms with Crippen molar-refractivity contribution in [3.05, 3.63) is 0 Å². The van der Waals surface area contributed by atoms with Gasteiger partial charge < -0.3 is 5.73 Å². The second-order valence-electron chi connectivity index (χ2n) is 4.80. The van der Waals surface area contributed by atoms with Gasteiger partial charge in [-0.3, -0.25) is 4.90 Å². The lowest BCUT2D eigenvalue weighted by Crippen LogP contribution is -2.55. The third-order valence-electron chi connectivity index (χ3n) is 3.81. The maximum atomic E-state index is 6.03. The first-order valence-corrected chi connectivity index (χ1v) is 6.50. The highest BCUT2D eigenvalue weighted by atomic mass is 15.2. The molecule has 0 saturated carbocycles. The van der Waals surface area contributed by atoms with E-state index in [9.17, 15) is 0 Å². The van der Waals surface area contributed by atoms with E-state index in [0.717, 1.165) is 6.54 Å². The van der Waals surface area contributed by atoms with Gasteiger partial charge in [-0.05, 0) is 33.2 Å². The molecule has 2 N–H and O–H groups in total. The van der Waals surface area contributed by atoms with Crippen molar-refractivity contribution in [2.24, 2.45) is 5.73 Å². The Morgan fingerprint density at radius 3 is 1.87 bits per heavy atom. The molecule has 0 aliphatic heterocycles. The molecular weight excluding hydrogens is 184 g/mol. The number of hydrogen-bond donors (Lipinski definition) is 1. The lowest BCUT2D eigenvalue weighted by molar-refractivity contribution is 0.0644. The Morgan fingerprint density at radius 2 is 1.60 bits per heavy atom. The number of nitrogens with two attached hydrogens (primary N) is 1. The molecule has 1 unspecified atom stereocenters. The average Bonchev–Trinajstić information content (AvgIpc) is 2.26. The molecule has 0 heterocycles. The van der Waals surface area contributed by atoms with Crippen molar-refractivity contribution in [3.8, 4) is 0 Å². The van der Waals surface area contributed by atoms with Crippen molar-refractivity contribution in [1.82, 2.24) is 4.90 Å². The van der Waals surface area contributed by atoms with Gasteiger partial charge in [0.2, 0.25) is 0 Å². The Morgan fingerprint density at radius 1 is 1.13 bits per heavy atom. The fourth-order valence-corrected chi connectivity index (χ4v) is 2.50. The first kappa shape index (κ1) is 14.9. The average molecular weight is 214 g/mol. The van der Waals surface area contributed by atoms with Crippen molar-refractivity contribution in [3.63, 3.8) is 0 Å². The number of hydrogen-bond acceptors (Lipinski definition) is 2. The van der Waals surface area contributed by atoms with E-state index in [1.165, 1.54) is 32.1 Å². The molecule has 1 atom stereocenters. The van der Waals surface area contributed by atoms with E-state index in [4.69, 9.17) is 5.73 Å². The Kier molecular flexibility index (Phi) is 7.20. The zero-order chi connectivity index (χ0) is 11.9. The zero-order valence-electron chi connectivity index (χ0n) is 11.3. The second kappa shape index (κ2) is 7.24. The Hall–Kier alpha value is -0.0800. The van der Waals surface area contributed by atoms with E-state index >= 15 is 0 Å². The number of nitrogens with zero attached hydrogens (tertiary/aromatic N) is 1. The van der Waals surface area contributed by atoms with Crippen molar-refractivity contribution >= 4 is 0 Å². The molecule has 0 aromatic heterocycles. The van der Waals surface area contributed by atoms with Gasteiger partial charge in [0.1, 0.15) is 0 Å². The zero-order valence-corrected chi connectivity index (χ0v) is 11.3. The van der Waals surface area contributed by atoms with Gasteiger partial charge in [0.25, 0.3) is 0 Å². The van der Waals surface area contributed by atoms with Crippen LogP contribution in [0.1, 0.15) is 59.8 Å². The summed E-state index contributed by atoms with van der Waals surface area (Å²) in [5.41, 5.74) is 6.27. The molecule has 0 spiro atoms. The molecule has 2 heteroatoms. The largest absolute Gasteiger partial charge is 0.329 e. The standard InChI is InChI=1S/C13H30N2/c1-6-9-13(11-14,10-7-2)15(5)12(4)8-3/h12H,6-11,14H2,1-5H3. The molecule has 0 aromatic carbocycles. The highest BCUT2D eigenvalue weighted by molar-refractivity contribution is 4.91. The molecule has 0 saturated heterocycles. The Labute approximate surface area is 96.2 Å². The summed E-state index contributed by atoms with van der Waals surface area (Å²) in [5, 5.41) is 0. The smallest absolute Gasteiger partial charge is 0.0331 e. The summed E-state index contributed by atoms with van der Waals surface area (Å²) in [7, 11) is 2.24. The van der Waals surface area contributed by atoms with Crippen LogP contribution in [0, 0.1) is 0 Å². The van der Waals surface area contributed by atoms with Crippen LogP contribution in [0.4, 0.5) is 0 Å². The van der Waals surface area contributed by atoms with Crippen molar-refractivity contribution in [2.75, 3.05) is 13.6 Å². The predicted molar refractivity (Wildman–Crippen MR) is 69.1 cm³/mol. The van der Waals surface area contributed by atoms with Crippen LogP contribution in [0.15, 0.2) is 0 Å². The normalized spacial score (nSPS) is 14.6. The molecule has 92 valence electrons. The fraction of sp³-hybridized carbons (Fsp3) is 1.00. The molecule has 0 bridgehead atoms. The maximum absolute atomic E-state index is 6.03. The van der Waals surface area contributed by atoms with Crippen LogP contribution in [0.2, 0.25) is 0 Å². The highest BCUT2D eigenvalue weighted by Crippen LogP contribution is 2.27. The van der Waals surface area contributed by atoms with Gasteiger partial charge in [0.15, 0.2) is 0 Å². The maximum Gasteiger partial charge on any atom is 0.0331 e. The Bertz CT molecular complexity index is 151. The molecule has 0 amide bonds. The molecule has 0 aliphatic rings. The van der Waals surface area contributed by atoms with E-state index in [0.29, 0.717) is 6.04 Å². The molecule has 0 fully saturated rings. The van der Waals surface area contributed by atoms with E-state index in [1.54, 1.807) is 0 Å². The Balaban J connectivity index is 4.70. The van der Waals surface area contributed by atoms with Crippen LogP contribution >= 0.6 is 0 Å². The van der Waals surface area contributed by atoms with Gasteiger partial charge in [0.05, 0.1) is 0 Å². The van der Waals surface area contributed by atoms with Gasteiger partial charge in [-0.2, -0.15) is 0 Å². The summed E-state index contributed by atoms with van der Waals surface area (Å²) in [5.74, 6) is 0. The molecule has 2 nitrogen and oxygen atoms in total. The van der Waals surface area contributed by atoms with Crippen LogP contribution in [-0.4, -0.2) is 30.1 Å². The summed E-state index contributed by atoms with van der Waals surface area (Å²) in [6.45, 7) is 9.85. The highest BCUT2D eigenvalue weighted by Gasteiger charge is 2.33. The summed E-state index contributed by atoms with van der Waals surface area (Å²) in [4.78, 5) is 2.51. The van der Waals surface area contributed by atoms with Crippen molar-refractivity contribution in [2.45, 2.75) is 71.4 Å². The van der Waals surface area contributed by atoms with E-state index in [-0.39, 0.29) is 5.54 Å². The lowest BCUT2D eigenvalue weighted by atomic mass is 9.85. The third-order valence-corrected chi connectivity index (χ3v) is 3.81. The summed E-state index contributed by atoms with van der Waals surface area (Å²) in [6.07, 6.45) is 6.08. The third kappa shape index (κ3) is 3.76. The molecule has 15 heavy (non-hydrogen) atoms. The summed E-state index contributed by atoms with van der Waals surface area (Å²) in [6, 6.07) is 0.631. The van der Waals surface area contributed by atoms with Gasteiger partial charge in [-0.25, -0.2) is 0 Å². The predicted octanol–water partition coefficient (Wildman–Crippen LogP) is 3.01. The monoisotopic (exact) mass is 214 g/mol. The van der Waals surface area contributed by atoms with Crippen molar-refractivity contribution < 1.29 is 0 Å². The van der Waals surface area contributed by atoms with Crippen LogP contribution in [0.25, 0.3) is 0 Å². The topological polar surface area (TPSA) is 29.3 Å². The molecule has 0 aliphatic carbocycles. The van der Waals surface area contributed by atoms with Gasteiger partial charge >= 0.3 is 0 Å². The van der Waals surface area contributed by atoms with E-state index in [1.807, 2.05) is 0 Å². The first-order chi connectivity index (χ1) is 7.07. The summed E-state index contributed by atoms with van der Waals surface area (Å²) < 4.78 is 0. The molecule has 0 radical (unpaired) electrons. The van der Waals surface area contributed by atoms with Gasteiger partial charge in [-0.15, -0.1) is 0 Å². The SMILES string of the molecule is CCCC(CN)(CCC)N(C)C(C)CC. The first-order valence-electron chi connectivity index (χ1n) is 6.50. The molecule has 0 rings (SSSR count). The quantitative estimate of drug-likeness (QED) is 0.673. The lowest BCUT2D eigenvalue weighted by Gasteiger charge is -2.44. The fourth-order valence-electron chi connectivity index (χ4n) is 2.50.